The Morgan fingerprint density at radius 3 is 2.37 bits per heavy atom. The molecule has 19 heavy (non-hydrogen) atoms. The van der Waals surface area contributed by atoms with Crippen LogP contribution in [0.3, 0.4) is 0 Å². The lowest BCUT2D eigenvalue weighted by Gasteiger charge is -2.26. The van der Waals surface area contributed by atoms with Crippen LogP contribution in [0.2, 0.25) is 0 Å². The summed E-state index contributed by atoms with van der Waals surface area (Å²) in [4.78, 5) is 13.9. The summed E-state index contributed by atoms with van der Waals surface area (Å²) in [5.41, 5.74) is 0. The number of ether oxygens (including phenoxy) is 1. The third-order valence-electron chi connectivity index (χ3n) is 4.03. The largest absolute Gasteiger partial charge is 0.464 e. The second-order valence-electron chi connectivity index (χ2n) is 5.50. The van der Waals surface area contributed by atoms with Gasteiger partial charge in [0.2, 0.25) is 0 Å². The molecule has 1 heterocycles. The lowest BCUT2D eigenvalue weighted by atomic mass is 9.89. The molecule has 1 saturated heterocycles. The van der Waals surface area contributed by atoms with Crippen molar-refractivity contribution in [3.63, 3.8) is 0 Å². The predicted molar refractivity (Wildman–Crippen MR) is 72.6 cm³/mol. The van der Waals surface area contributed by atoms with Crippen LogP contribution in [0.4, 0.5) is 0 Å². The third-order valence-corrected chi connectivity index (χ3v) is 5.64. The minimum atomic E-state index is -2.82. The molecule has 2 rings (SSSR count). The van der Waals surface area contributed by atoms with E-state index in [0.717, 1.165) is 25.7 Å². The van der Waals surface area contributed by atoms with E-state index in [0.29, 0.717) is 26.2 Å². The molecule has 5 nitrogen and oxygen atoms in total. The number of esters is 1. The Hall–Kier alpha value is -0.620. The highest BCUT2D eigenvalue weighted by Gasteiger charge is 2.24. The van der Waals surface area contributed by atoms with Crippen LogP contribution in [-0.2, 0) is 19.4 Å². The van der Waals surface area contributed by atoms with Gasteiger partial charge in [0.15, 0.2) is 9.84 Å². The van der Waals surface area contributed by atoms with Crippen LogP contribution in [0, 0.1) is 5.92 Å². The molecule has 6 heteroatoms. The van der Waals surface area contributed by atoms with Crippen molar-refractivity contribution < 1.29 is 17.9 Å². The molecule has 0 N–H and O–H groups in total. The molecule has 110 valence electrons. The van der Waals surface area contributed by atoms with Crippen molar-refractivity contribution in [1.29, 1.82) is 0 Å². The van der Waals surface area contributed by atoms with Gasteiger partial charge in [-0.15, -0.1) is 0 Å². The first kappa shape index (κ1) is 14.8. The van der Waals surface area contributed by atoms with Crippen molar-refractivity contribution in [3.8, 4) is 0 Å². The normalized spacial score (nSPS) is 25.1. The molecule has 1 aliphatic heterocycles. The molecule has 0 bridgehead atoms. The smallest absolute Gasteiger partial charge is 0.308 e. The van der Waals surface area contributed by atoms with Gasteiger partial charge in [0, 0.05) is 19.6 Å². The first-order chi connectivity index (χ1) is 9.07. The fourth-order valence-electron chi connectivity index (χ4n) is 2.71. The molecule has 0 aromatic rings. The monoisotopic (exact) mass is 289 g/mol. The highest BCUT2D eigenvalue weighted by Crippen LogP contribution is 2.24. The highest BCUT2D eigenvalue weighted by atomic mass is 32.2. The average molecular weight is 289 g/mol. The van der Waals surface area contributed by atoms with Gasteiger partial charge in [-0.25, -0.2) is 8.42 Å². The second kappa shape index (κ2) is 6.70. The maximum absolute atomic E-state index is 11.8. The van der Waals surface area contributed by atoms with E-state index < -0.39 is 9.84 Å². The molecular weight excluding hydrogens is 266 g/mol. The Labute approximate surface area is 115 Å². The summed E-state index contributed by atoms with van der Waals surface area (Å²) in [5.74, 6) is 0.479. The van der Waals surface area contributed by atoms with Crippen LogP contribution >= 0.6 is 0 Å². The van der Waals surface area contributed by atoms with Crippen molar-refractivity contribution in [2.75, 3.05) is 37.7 Å². The van der Waals surface area contributed by atoms with E-state index in [1.165, 1.54) is 6.42 Å². The fraction of sp³-hybridized carbons (Fsp3) is 0.923. The van der Waals surface area contributed by atoms with Gasteiger partial charge in [-0.3, -0.25) is 9.69 Å². The Morgan fingerprint density at radius 1 is 1.11 bits per heavy atom. The number of sulfone groups is 1. The zero-order valence-electron chi connectivity index (χ0n) is 11.3. The number of carbonyl (C=O) groups excluding carboxylic acids is 1. The van der Waals surface area contributed by atoms with Gasteiger partial charge in [-0.1, -0.05) is 19.3 Å². The summed E-state index contributed by atoms with van der Waals surface area (Å²) < 4.78 is 27.9. The lowest BCUT2D eigenvalue weighted by molar-refractivity contribution is -0.150. The first-order valence-corrected chi connectivity index (χ1v) is 8.98. The van der Waals surface area contributed by atoms with Gasteiger partial charge in [-0.2, -0.15) is 0 Å². The Bertz CT molecular complexity index is 387. The standard InChI is InChI=1S/C13H23NO4S/c15-13(12-4-2-1-3-5-12)18-9-6-14-7-10-19(16,17)11-8-14/h12H,1-11H2. The van der Waals surface area contributed by atoms with Crippen molar-refractivity contribution >= 4 is 15.8 Å². The van der Waals surface area contributed by atoms with Crippen molar-refractivity contribution in [3.05, 3.63) is 0 Å². The van der Waals surface area contributed by atoms with Gasteiger partial charge in [0.1, 0.15) is 6.61 Å². The van der Waals surface area contributed by atoms with E-state index in [4.69, 9.17) is 4.74 Å². The van der Waals surface area contributed by atoms with Gasteiger partial charge < -0.3 is 4.74 Å². The summed E-state index contributed by atoms with van der Waals surface area (Å²) in [7, 11) is -2.82. The molecule has 0 aromatic heterocycles. The summed E-state index contributed by atoms with van der Waals surface area (Å²) in [5, 5.41) is 0. The number of rotatable bonds is 4. The van der Waals surface area contributed by atoms with Gasteiger partial charge >= 0.3 is 5.97 Å². The average Bonchev–Trinajstić information content (AvgIpc) is 2.41. The van der Waals surface area contributed by atoms with E-state index in [2.05, 4.69) is 4.90 Å². The summed E-state index contributed by atoms with van der Waals surface area (Å²) >= 11 is 0. The number of hydrogen-bond donors (Lipinski definition) is 0. The molecule has 0 aromatic carbocycles. The molecule has 0 spiro atoms. The molecule has 0 atom stereocenters. The van der Waals surface area contributed by atoms with Crippen LogP contribution in [0.25, 0.3) is 0 Å². The minimum absolute atomic E-state index is 0.0654. The van der Waals surface area contributed by atoms with Gasteiger partial charge in [0.25, 0.3) is 0 Å². The quantitative estimate of drug-likeness (QED) is 0.718. The van der Waals surface area contributed by atoms with Crippen molar-refractivity contribution in [2.24, 2.45) is 5.92 Å². The summed E-state index contributed by atoms with van der Waals surface area (Å²) in [6, 6.07) is 0. The summed E-state index contributed by atoms with van der Waals surface area (Å²) in [6.45, 7) is 2.15. The molecule has 0 radical (unpaired) electrons. The van der Waals surface area contributed by atoms with Crippen LogP contribution in [0.15, 0.2) is 0 Å². The van der Waals surface area contributed by atoms with E-state index in [1.807, 2.05) is 0 Å². The molecule has 2 aliphatic rings. The number of nitrogens with zero attached hydrogens (tertiary/aromatic N) is 1. The Morgan fingerprint density at radius 2 is 1.74 bits per heavy atom. The highest BCUT2D eigenvalue weighted by molar-refractivity contribution is 7.91. The zero-order chi connectivity index (χ0) is 13.7. The molecule has 0 amide bonds. The van der Waals surface area contributed by atoms with Crippen LogP contribution in [-0.4, -0.2) is 57.0 Å². The lowest BCUT2D eigenvalue weighted by Crippen LogP contribution is -2.42. The minimum Gasteiger partial charge on any atom is -0.464 e. The molecule has 1 saturated carbocycles. The SMILES string of the molecule is O=C(OCCN1CCS(=O)(=O)CC1)C1CCCCC1. The molecule has 2 fully saturated rings. The van der Waals surface area contributed by atoms with E-state index in [-0.39, 0.29) is 23.4 Å². The first-order valence-electron chi connectivity index (χ1n) is 7.16. The number of carbonyl (C=O) groups is 1. The van der Waals surface area contributed by atoms with Crippen LogP contribution in [0.5, 0.6) is 0 Å². The van der Waals surface area contributed by atoms with Crippen molar-refractivity contribution in [2.45, 2.75) is 32.1 Å². The van der Waals surface area contributed by atoms with E-state index >= 15 is 0 Å². The predicted octanol–water partition coefficient (Wildman–Crippen LogP) is 0.840. The molecule has 1 aliphatic carbocycles. The number of hydrogen-bond acceptors (Lipinski definition) is 5. The van der Waals surface area contributed by atoms with Crippen LogP contribution < -0.4 is 0 Å². The van der Waals surface area contributed by atoms with E-state index in [1.54, 1.807) is 0 Å². The van der Waals surface area contributed by atoms with E-state index in [9.17, 15) is 13.2 Å². The zero-order valence-corrected chi connectivity index (χ0v) is 12.2. The fourth-order valence-corrected chi connectivity index (χ4v) is 3.98. The third kappa shape index (κ3) is 4.76. The Kier molecular flexibility index (Phi) is 5.21. The van der Waals surface area contributed by atoms with Crippen LogP contribution in [0.1, 0.15) is 32.1 Å². The van der Waals surface area contributed by atoms with Gasteiger partial charge in [-0.05, 0) is 12.8 Å². The Balaban J connectivity index is 1.62. The maximum atomic E-state index is 11.8. The molecular formula is C13H23NO4S. The molecule has 0 unspecified atom stereocenters. The summed E-state index contributed by atoms with van der Waals surface area (Å²) in [6.07, 6.45) is 5.40. The topological polar surface area (TPSA) is 63.7 Å². The maximum Gasteiger partial charge on any atom is 0.308 e. The van der Waals surface area contributed by atoms with Crippen molar-refractivity contribution in [1.82, 2.24) is 4.90 Å². The van der Waals surface area contributed by atoms with Gasteiger partial charge in [0.05, 0.1) is 17.4 Å². The second-order valence-corrected chi connectivity index (χ2v) is 7.80.